The van der Waals surface area contributed by atoms with Crippen LogP contribution in [0.4, 0.5) is 0 Å². The van der Waals surface area contributed by atoms with E-state index >= 15 is 0 Å². The van der Waals surface area contributed by atoms with E-state index in [1.807, 2.05) is 20.8 Å². The van der Waals surface area contributed by atoms with Crippen LogP contribution in [-0.2, 0) is 16.0 Å². The third-order valence-corrected chi connectivity index (χ3v) is 5.21. The molecule has 1 aliphatic rings. The summed E-state index contributed by atoms with van der Waals surface area (Å²) in [5, 5.41) is 9.04. The lowest BCUT2D eigenvalue weighted by atomic mass is 9.89. The van der Waals surface area contributed by atoms with Crippen molar-refractivity contribution < 1.29 is 14.5 Å². The SMILES string of the molecule is CC(C)(C)[S+]([O-])[C@H]1CC[C@H](C(=O)O)CC1. The summed E-state index contributed by atoms with van der Waals surface area (Å²) >= 11 is -0.845. The Hall–Kier alpha value is -0.220. The Morgan fingerprint density at radius 1 is 1.27 bits per heavy atom. The molecule has 0 aliphatic heterocycles. The van der Waals surface area contributed by atoms with E-state index < -0.39 is 17.1 Å². The van der Waals surface area contributed by atoms with E-state index in [0.29, 0.717) is 12.8 Å². The number of hydrogen-bond acceptors (Lipinski definition) is 2. The second-order valence-electron chi connectivity index (χ2n) is 5.22. The lowest BCUT2D eigenvalue weighted by molar-refractivity contribution is -0.142. The minimum atomic E-state index is -0.845. The van der Waals surface area contributed by atoms with Crippen molar-refractivity contribution in [1.29, 1.82) is 0 Å². The van der Waals surface area contributed by atoms with Crippen LogP contribution in [0.5, 0.6) is 0 Å². The number of hydrogen-bond donors (Lipinski definition) is 1. The minimum Gasteiger partial charge on any atom is -0.616 e. The fraction of sp³-hybridized carbons (Fsp3) is 0.909. The third-order valence-electron chi connectivity index (χ3n) is 2.93. The third kappa shape index (κ3) is 3.38. The summed E-state index contributed by atoms with van der Waals surface area (Å²) in [6.07, 6.45) is 2.95. The van der Waals surface area contributed by atoms with Gasteiger partial charge in [0, 0.05) is 0 Å². The van der Waals surface area contributed by atoms with Gasteiger partial charge in [0.25, 0.3) is 0 Å². The van der Waals surface area contributed by atoms with E-state index in [2.05, 4.69) is 0 Å². The van der Waals surface area contributed by atoms with Gasteiger partial charge in [-0.2, -0.15) is 0 Å². The highest BCUT2D eigenvalue weighted by Gasteiger charge is 2.37. The van der Waals surface area contributed by atoms with Gasteiger partial charge in [0.15, 0.2) is 0 Å². The maximum Gasteiger partial charge on any atom is 0.306 e. The molecular weight excluding hydrogens is 212 g/mol. The lowest BCUT2D eigenvalue weighted by Crippen LogP contribution is -2.40. The van der Waals surface area contributed by atoms with E-state index in [9.17, 15) is 9.35 Å². The van der Waals surface area contributed by atoms with Crippen molar-refractivity contribution in [1.82, 2.24) is 0 Å². The van der Waals surface area contributed by atoms with Crippen LogP contribution in [0.3, 0.4) is 0 Å². The Morgan fingerprint density at radius 2 is 1.73 bits per heavy atom. The van der Waals surface area contributed by atoms with E-state index in [-0.39, 0.29) is 15.9 Å². The smallest absolute Gasteiger partial charge is 0.306 e. The Bertz CT molecular complexity index is 226. The number of carboxylic acid groups (broad SMARTS) is 1. The van der Waals surface area contributed by atoms with Crippen LogP contribution in [0.25, 0.3) is 0 Å². The molecule has 0 aromatic heterocycles. The molecule has 0 aromatic carbocycles. The van der Waals surface area contributed by atoms with Crippen molar-refractivity contribution in [3.8, 4) is 0 Å². The van der Waals surface area contributed by atoms with Crippen LogP contribution in [-0.4, -0.2) is 25.6 Å². The van der Waals surface area contributed by atoms with Crippen LogP contribution < -0.4 is 0 Å². The van der Waals surface area contributed by atoms with Crippen molar-refractivity contribution >= 4 is 17.1 Å². The predicted octanol–water partition coefficient (Wildman–Crippen LogP) is 2.18. The molecule has 1 unspecified atom stereocenters. The molecule has 0 saturated heterocycles. The van der Waals surface area contributed by atoms with Crippen molar-refractivity contribution in [2.24, 2.45) is 5.92 Å². The molecule has 1 fully saturated rings. The number of rotatable bonds is 2. The molecular formula is C11H20O3S. The molecule has 4 heteroatoms. The molecule has 0 aromatic rings. The Morgan fingerprint density at radius 3 is 2.07 bits per heavy atom. The highest BCUT2D eigenvalue weighted by Crippen LogP contribution is 2.33. The molecule has 1 aliphatic carbocycles. The summed E-state index contributed by atoms with van der Waals surface area (Å²) in [6, 6.07) is 0. The molecule has 0 heterocycles. The maximum atomic E-state index is 12.1. The van der Waals surface area contributed by atoms with Gasteiger partial charge in [-0.15, -0.1) is 0 Å². The van der Waals surface area contributed by atoms with Gasteiger partial charge in [0.1, 0.15) is 10.00 Å². The van der Waals surface area contributed by atoms with Gasteiger partial charge >= 0.3 is 5.97 Å². The summed E-state index contributed by atoms with van der Waals surface area (Å²) in [4.78, 5) is 10.8. The largest absolute Gasteiger partial charge is 0.616 e. The number of carboxylic acids is 1. The molecule has 0 amide bonds. The van der Waals surface area contributed by atoms with Crippen molar-refractivity contribution in [2.45, 2.75) is 56.5 Å². The first-order chi connectivity index (χ1) is 6.82. The van der Waals surface area contributed by atoms with E-state index in [0.717, 1.165) is 12.8 Å². The summed E-state index contributed by atoms with van der Waals surface area (Å²) < 4.78 is 11.9. The second-order valence-corrected chi connectivity index (χ2v) is 7.71. The van der Waals surface area contributed by atoms with Gasteiger partial charge in [-0.1, -0.05) is 0 Å². The van der Waals surface area contributed by atoms with Gasteiger partial charge < -0.3 is 9.66 Å². The average molecular weight is 232 g/mol. The first-order valence-electron chi connectivity index (χ1n) is 5.46. The Labute approximate surface area is 94.4 Å². The number of aliphatic carboxylic acids is 1. The predicted molar refractivity (Wildman–Crippen MR) is 61.3 cm³/mol. The van der Waals surface area contributed by atoms with Crippen LogP contribution in [0.15, 0.2) is 0 Å². The fourth-order valence-corrected chi connectivity index (χ4v) is 3.72. The van der Waals surface area contributed by atoms with Crippen molar-refractivity contribution in [3.05, 3.63) is 0 Å². The summed E-state index contributed by atoms with van der Waals surface area (Å²) in [5.41, 5.74) is 0. The average Bonchev–Trinajstić information content (AvgIpc) is 2.15. The summed E-state index contributed by atoms with van der Waals surface area (Å²) in [5.74, 6) is -0.909. The van der Waals surface area contributed by atoms with E-state index in [4.69, 9.17) is 5.11 Å². The number of carbonyl (C=O) groups is 1. The summed E-state index contributed by atoms with van der Waals surface area (Å²) in [6.45, 7) is 5.94. The standard InChI is InChI=1S/C11H20O3S/c1-11(2,3)15(14)9-6-4-8(5-7-9)10(12)13/h8-9H,4-7H2,1-3H3,(H,12,13)/t8-,9-,15?. The Balaban J connectivity index is 2.47. The first kappa shape index (κ1) is 12.8. The zero-order chi connectivity index (χ0) is 11.6. The molecule has 0 radical (unpaired) electrons. The van der Waals surface area contributed by atoms with Gasteiger partial charge in [-0.25, -0.2) is 0 Å². The quantitative estimate of drug-likeness (QED) is 0.742. The van der Waals surface area contributed by atoms with Crippen LogP contribution in [0.1, 0.15) is 46.5 Å². The molecule has 1 N–H and O–H groups in total. The second kappa shape index (κ2) is 4.74. The zero-order valence-corrected chi connectivity index (χ0v) is 10.5. The molecule has 15 heavy (non-hydrogen) atoms. The van der Waals surface area contributed by atoms with Crippen molar-refractivity contribution in [3.63, 3.8) is 0 Å². The molecule has 3 nitrogen and oxygen atoms in total. The molecule has 88 valence electrons. The van der Waals surface area contributed by atoms with Crippen LogP contribution in [0, 0.1) is 5.92 Å². The molecule has 1 rings (SSSR count). The molecule has 0 bridgehead atoms. The van der Waals surface area contributed by atoms with Gasteiger partial charge in [-0.3, -0.25) is 4.79 Å². The molecule has 0 spiro atoms. The van der Waals surface area contributed by atoms with Crippen LogP contribution >= 0.6 is 0 Å². The minimum absolute atomic E-state index is 0.180. The molecule has 1 atom stereocenters. The van der Waals surface area contributed by atoms with E-state index in [1.165, 1.54) is 0 Å². The fourth-order valence-electron chi connectivity index (χ4n) is 2.02. The zero-order valence-electron chi connectivity index (χ0n) is 9.66. The normalized spacial score (nSPS) is 29.9. The maximum absolute atomic E-state index is 12.1. The highest BCUT2D eigenvalue weighted by atomic mass is 32.2. The monoisotopic (exact) mass is 232 g/mol. The van der Waals surface area contributed by atoms with Crippen molar-refractivity contribution in [2.75, 3.05) is 0 Å². The summed E-state index contributed by atoms with van der Waals surface area (Å²) in [7, 11) is 0. The molecule has 1 saturated carbocycles. The topological polar surface area (TPSA) is 60.4 Å². The van der Waals surface area contributed by atoms with Gasteiger partial charge in [0.05, 0.1) is 5.92 Å². The highest BCUT2D eigenvalue weighted by molar-refractivity contribution is 7.93. The van der Waals surface area contributed by atoms with Gasteiger partial charge in [0.2, 0.25) is 0 Å². The van der Waals surface area contributed by atoms with Gasteiger partial charge in [-0.05, 0) is 57.6 Å². The van der Waals surface area contributed by atoms with E-state index in [1.54, 1.807) is 0 Å². The lowest BCUT2D eigenvalue weighted by Gasteiger charge is -2.34. The van der Waals surface area contributed by atoms with Crippen LogP contribution in [0.2, 0.25) is 0 Å². The first-order valence-corrected chi connectivity index (χ1v) is 6.67. The Kier molecular flexibility index (Phi) is 4.06.